The molecule has 0 radical (unpaired) electrons. The van der Waals surface area contributed by atoms with Crippen LogP contribution in [-0.2, 0) is 4.74 Å². The molecule has 2 aromatic heterocycles. The second-order valence-electron chi connectivity index (χ2n) is 5.08. The molecule has 2 N–H and O–H groups in total. The van der Waals surface area contributed by atoms with Gasteiger partial charge in [-0.1, -0.05) is 24.3 Å². The molecule has 0 aliphatic heterocycles. The predicted octanol–water partition coefficient (Wildman–Crippen LogP) is 2.10. The number of anilines is 1. The number of nitrogens with zero attached hydrogens (tertiary/aromatic N) is 1. The minimum atomic E-state index is -0.831. The molecule has 1 aromatic carbocycles. The van der Waals surface area contributed by atoms with E-state index in [1.807, 2.05) is 0 Å². The molecular weight excluding hydrogens is 329 g/mol. The van der Waals surface area contributed by atoms with E-state index in [0.717, 1.165) is 13.3 Å². The zero-order chi connectivity index (χ0) is 18.0. The Morgan fingerprint density at radius 1 is 1.24 bits per heavy atom. The van der Waals surface area contributed by atoms with E-state index in [9.17, 15) is 18.8 Å². The van der Waals surface area contributed by atoms with Gasteiger partial charge in [0.05, 0.1) is 19.0 Å². The van der Waals surface area contributed by atoms with Crippen molar-refractivity contribution in [2.75, 3.05) is 12.4 Å². The van der Waals surface area contributed by atoms with Gasteiger partial charge in [-0.05, 0) is 6.07 Å². The van der Waals surface area contributed by atoms with Gasteiger partial charge in [0.1, 0.15) is 17.1 Å². The van der Waals surface area contributed by atoms with Crippen molar-refractivity contribution >= 4 is 28.3 Å². The van der Waals surface area contributed by atoms with Gasteiger partial charge < -0.3 is 15.0 Å². The lowest BCUT2D eigenvalue weighted by Gasteiger charge is -2.08. The molecular formula is C17H12FN3O4. The molecule has 3 rings (SSSR count). The number of ether oxygens (including phenoxy) is 1. The van der Waals surface area contributed by atoms with Gasteiger partial charge in [-0.15, -0.1) is 0 Å². The summed E-state index contributed by atoms with van der Waals surface area (Å²) in [5.74, 6) is -1.98. The topological polar surface area (TPSA) is 101 Å². The molecule has 7 nitrogen and oxygen atoms in total. The van der Waals surface area contributed by atoms with E-state index >= 15 is 0 Å². The van der Waals surface area contributed by atoms with E-state index in [0.29, 0.717) is 5.39 Å². The maximum absolute atomic E-state index is 13.8. The number of pyridine rings is 2. The highest BCUT2D eigenvalue weighted by Gasteiger charge is 2.16. The number of aromatic amines is 1. The Labute approximate surface area is 140 Å². The van der Waals surface area contributed by atoms with Crippen LogP contribution < -0.4 is 10.9 Å². The first-order chi connectivity index (χ1) is 12.0. The minimum absolute atomic E-state index is 0.0165. The normalized spacial score (nSPS) is 10.5. The molecule has 0 aliphatic rings. The summed E-state index contributed by atoms with van der Waals surface area (Å²) in [5.41, 5.74) is -0.713. The van der Waals surface area contributed by atoms with Crippen LogP contribution in [0.15, 0.2) is 47.5 Å². The number of hydrogen-bond donors (Lipinski definition) is 2. The molecule has 3 aromatic rings. The van der Waals surface area contributed by atoms with Gasteiger partial charge in [-0.3, -0.25) is 9.59 Å². The third-order valence-electron chi connectivity index (χ3n) is 3.53. The highest BCUT2D eigenvalue weighted by atomic mass is 19.1. The summed E-state index contributed by atoms with van der Waals surface area (Å²) in [6.45, 7) is 0. The van der Waals surface area contributed by atoms with Gasteiger partial charge in [-0.2, -0.15) is 0 Å². The lowest BCUT2D eigenvalue weighted by atomic mass is 10.1. The second-order valence-corrected chi connectivity index (χ2v) is 5.08. The largest absolute Gasteiger partial charge is 0.465 e. The quantitative estimate of drug-likeness (QED) is 0.711. The number of aromatic nitrogens is 2. The SMILES string of the molecule is COC(=O)c1cc(NC(=O)c2ncc(F)c3ccccc23)c[nH]c1=O. The number of methoxy groups -OCH3 is 1. The molecule has 0 spiro atoms. The van der Waals surface area contributed by atoms with Crippen LogP contribution in [0.25, 0.3) is 10.8 Å². The van der Waals surface area contributed by atoms with Crippen molar-refractivity contribution in [2.45, 2.75) is 0 Å². The molecule has 8 heteroatoms. The second kappa shape index (κ2) is 6.52. The number of carbonyl (C=O) groups is 2. The van der Waals surface area contributed by atoms with Gasteiger partial charge >= 0.3 is 5.97 Å². The fraction of sp³-hybridized carbons (Fsp3) is 0.0588. The van der Waals surface area contributed by atoms with Crippen LogP contribution in [0.2, 0.25) is 0 Å². The standard InChI is InChI=1S/C17H12FN3O4/c1-25-17(24)12-6-9(7-20-15(12)22)21-16(23)14-11-5-3-2-4-10(11)13(18)8-19-14/h2-8H,1H3,(H,20,22)(H,21,23). The van der Waals surface area contributed by atoms with Crippen molar-refractivity contribution in [3.05, 3.63) is 70.2 Å². The van der Waals surface area contributed by atoms with E-state index in [2.05, 4.69) is 20.0 Å². The van der Waals surface area contributed by atoms with Crippen molar-refractivity contribution in [1.82, 2.24) is 9.97 Å². The molecule has 0 saturated carbocycles. The van der Waals surface area contributed by atoms with Crippen molar-refractivity contribution in [3.8, 4) is 0 Å². The fourth-order valence-electron chi connectivity index (χ4n) is 2.35. The lowest BCUT2D eigenvalue weighted by Crippen LogP contribution is -2.21. The number of H-pyrrole nitrogens is 1. The zero-order valence-corrected chi connectivity index (χ0v) is 13.0. The average Bonchev–Trinajstić information content (AvgIpc) is 2.63. The van der Waals surface area contributed by atoms with Gasteiger partial charge in [-0.25, -0.2) is 14.2 Å². The monoisotopic (exact) mass is 341 g/mol. The van der Waals surface area contributed by atoms with E-state index < -0.39 is 23.3 Å². The summed E-state index contributed by atoms with van der Waals surface area (Å²) in [4.78, 5) is 41.8. The smallest absolute Gasteiger partial charge is 0.343 e. The third kappa shape index (κ3) is 3.09. The molecule has 0 unspecified atom stereocenters. The first kappa shape index (κ1) is 16.3. The Morgan fingerprint density at radius 3 is 2.68 bits per heavy atom. The fourth-order valence-corrected chi connectivity index (χ4v) is 2.35. The number of fused-ring (bicyclic) bond motifs is 1. The number of nitrogens with one attached hydrogen (secondary N) is 2. The summed E-state index contributed by atoms with van der Waals surface area (Å²) in [5, 5.41) is 3.12. The van der Waals surface area contributed by atoms with Crippen LogP contribution in [0.3, 0.4) is 0 Å². The molecule has 0 saturated heterocycles. The molecule has 0 aliphatic carbocycles. The number of rotatable bonds is 3. The van der Waals surface area contributed by atoms with E-state index in [-0.39, 0.29) is 22.3 Å². The lowest BCUT2D eigenvalue weighted by molar-refractivity contribution is 0.0598. The summed E-state index contributed by atoms with van der Waals surface area (Å²) >= 11 is 0. The Morgan fingerprint density at radius 2 is 1.96 bits per heavy atom. The number of amides is 1. The Hall–Kier alpha value is -3.55. The molecule has 2 heterocycles. The molecule has 126 valence electrons. The van der Waals surface area contributed by atoms with Crippen molar-refractivity contribution in [3.63, 3.8) is 0 Å². The maximum atomic E-state index is 13.8. The summed E-state index contributed by atoms with van der Waals surface area (Å²) in [6.07, 6.45) is 2.20. The number of hydrogen-bond acceptors (Lipinski definition) is 5. The predicted molar refractivity (Wildman–Crippen MR) is 88.1 cm³/mol. The Balaban J connectivity index is 1.98. The highest BCUT2D eigenvalue weighted by molar-refractivity contribution is 6.11. The molecule has 0 fully saturated rings. The first-order valence-corrected chi connectivity index (χ1v) is 7.17. The van der Waals surface area contributed by atoms with Crippen molar-refractivity contribution in [2.24, 2.45) is 0 Å². The molecule has 1 amide bonds. The van der Waals surface area contributed by atoms with Crippen LogP contribution in [-0.4, -0.2) is 29.0 Å². The number of benzene rings is 1. The van der Waals surface area contributed by atoms with Gasteiger partial charge in [0, 0.05) is 17.0 Å². The van der Waals surface area contributed by atoms with Crippen LogP contribution in [0.5, 0.6) is 0 Å². The van der Waals surface area contributed by atoms with Crippen LogP contribution in [0.1, 0.15) is 20.8 Å². The summed E-state index contributed by atoms with van der Waals surface area (Å²) < 4.78 is 18.3. The molecule has 0 atom stereocenters. The zero-order valence-electron chi connectivity index (χ0n) is 13.0. The van der Waals surface area contributed by atoms with Crippen LogP contribution in [0.4, 0.5) is 10.1 Å². The Bertz CT molecular complexity index is 1050. The molecule has 0 bridgehead atoms. The van der Waals surface area contributed by atoms with Crippen LogP contribution >= 0.6 is 0 Å². The van der Waals surface area contributed by atoms with E-state index in [4.69, 9.17) is 0 Å². The van der Waals surface area contributed by atoms with Crippen molar-refractivity contribution < 1.29 is 18.7 Å². The van der Waals surface area contributed by atoms with E-state index in [1.165, 1.54) is 12.3 Å². The summed E-state index contributed by atoms with van der Waals surface area (Å²) in [6, 6.07) is 7.62. The van der Waals surface area contributed by atoms with E-state index in [1.54, 1.807) is 24.3 Å². The Kier molecular flexibility index (Phi) is 4.25. The summed E-state index contributed by atoms with van der Waals surface area (Å²) in [7, 11) is 1.14. The maximum Gasteiger partial charge on any atom is 0.343 e. The van der Waals surface area contributed by atoms with Gasteiger partial charge in [0.25, 0.3) is 11.5 Å². The van der Waals surface area contributed by atoms with Crippen molar-refractivity contribution in [1.29, 1.82) is 0 Å². The number of carbonyl (C=O) groups excluding carboxylic acids is 2. The number of esters is 1. The van der Waals surface area contributed by atoms with Gasteiger partial charge in [0.15, 0.2) is 0 Å². The van der Waals surface area contributed by atoms with Gasteiger partial charge in [0.2, 0.25) is 0 Å². The highest BCUT2D eigenvalue weighted by Crippen LogP contribution is 2.20. The first-order valence-electron chi connectivity index (χ1n) is 7.17. The van der Waals surface area contributed by atoms with Crippen LogP contribution in [0, 0.1) is 5.82 Å². The number of halogens is 1. The average molecular weight is 341 g/mol. The minimum Gasteiger partial charge on any atom is -0.465 e. The molecule has 25 heavy (non-hydrogen) atoms. The third-order valence-corrected chi connectivity index (χ3v) is 3.53.